The number of carboxylic acids is 1. The van der Waals surface area contributed by atoms with Crippen molar-refractivity contribution in [2.24, 2.45) is 0 Å². The zero-order valence-electron chi connectivity index (χ0n) is 71.3. The number of aliphatic carboxylic acids is 1. The number of carbonyl (C=O) groups is 16. The van der Waals surface area contributed by atoms with Gasteiger partial charge in [-0.05, 0) is 0 Å². The highest BCUT2D eigenvalue weighted by Crippen LogP contribution is 2.29. The van der Waals surface area contributed by atoms with Crippen LogP contribution in [0.3, 0.4) is 0 Å². The Morgan fingerprint density at radius 2 is 0.389 bits per heavy atom. The third-order valence-electron chi connectivity index (χ3n) is 18.1. The van der Waals surface area contributed by atoms with E-state index in [9.17, 15) is 76.7 Å². The molecule has 718 valence electrons. The number of carbonyl (C=O) groups excluding carboxylic acids is 15. The fourth-order valence-electron chi connectivity index (χ4n) is 11.4. The van der Waals surface area contributed by atoms with Crippen molar-refractivity contribution in [2.75, 3.05) is 119 Å². The monoisotopic (exact) mass is 1850 g/mol. The summed E-state index contributed by atoms with van der Waals surface area (Å²) in [7, 11) is 0. The summed E-state index contributed by atoms with van der Waals surface area (Å²) in [5, 5.41) is 43.8. The minimum Gasteiger partial charge on any atom is -0.481 e. The van der Waals surface area contributed by atoms with E-state index in [0.29, 0.717) is 0 Å². The minimum atomic E-state index is -1.62. The molecular formula is C87H106O44. The smallest absolute Gasteiger partial charge is 0.306 e. The molecule has 4 aliphatic rings. The Hall–Kier alpha value is -12.1. The van der Waals surface area contributed by atoms with Gasteiger partial charge in [-0.1, -0.05) is 121 Å². The summed E-state index contributed by atoms with van der Waals surface area (Å²) in [6, 6.07) is 36.2. The van der Waals surface area contributed by atoms with Crippen molar-refractivity contribution >= 4 is 95.5 Å². The number of hydrogen-bond donors (Lipinski definition) is 5. The van der Waals surface area contributed by atoms with Crippen LogP contribution in [-0.4, -0.2) is 295 Å². The summed E-state index contributed by atoms with van der Waals surface area (Å²) >= 11 is 0. The predicted octanol–water partition coefficient (Wildman–Crippen LogP) is 2.72. The average molecular weight is 1860 g/mol. The van der Waals surface area contributed by atoms with E-state index in [0.717, 1.165) is 22.3 Å². The van der Waals surface area contributed by atoms with E-state index in [-0.39, 0.29) is 65.7 Å². The third-order valence-corrected chi connectivity index (χ3v) is 18.1. The topological polar surface area (TPSA) is 587 Å². The molecular weight excluding hydrogens is 1750 g/mol. The Kier molecular flexibility index (Phi) is 48.5. The Balaban J connectivity index is 0.00000117. The molecule has 44 nitrogen and oxygen atoms in total. The lowest BCUT2D eigenvalue weighted by Crippen LogP contribution is -2.35. The molecule has 0 aromatic heterocycles. The molecule has 8 rings (SSSR count). The van der Waals surface area contributed by atoms with Crippen LogP contribution in [0.25, 0.3) is 0 Å². The lowest BCUT2D eigenvalue weighted by Gasteiger charge is -2.29. The van der Waals surface area contributed by atoms with Gasteiger partial charge in [0.25, 0.3) is 0 Å². The third kappa shape index (κ3) is 43.9. The van der Waals surface area contributed by atoms with E-state index in [1.165, 1.54) is 0 Å². The van der Waals surface area contributed by atoms with Crippen LogP contribution in [0.5, 0.6) is 0 Å². The number of aliphatic hydroxyl groups is 4. The predicted molar refractivity (Wildman–Crippen MR) is 429 cm³/mol. The fourth-order valence-corrected chi connectivity index (χ4v) is 11.4. The van der Waals surface area contributed by atoms with Crippen LogP contribution in [0.15, 0.2) is 121 Å². The van der Waals surface area contributed by atoms with E-state index in [1.807, 2.05) is 24.3 Å². The number of carboxylic acid groups (broad SMARTS) is 1. The van der Waals surface area contributed by atoms with Gasteiger partial charge in [-0.3, -0.25) is 76.7 Å². The second-order valence-electron chi connectivity index (χ2n) is 28.9. The molecule has 4 heterocycles. The first kappa shape index (κ1) is 106. The molecule has 0 atom stereocenters. The molecule has 4 aromatic carbocycles. The van der Waals surface area contributed by atoms with Crippen molar-refractivity contribution in [3.8, 4) is 0 Å². The number of aliphatic hydroxyl groups excluding tert-OH is 4. The van der Waals surface area contributed by atoms with Crippen LogP contribution in [0.2, 0.25) is 0 Å². The van der Waals surface area contributed by atoms with E-state index >= 15 is 0 Å². The Morgan fingerprint density at radius 1 is 0.229 bits per heavy atom. The van der Waals surface area contributed by atoms with Crippen LogP contribution < -0.4 is 0 Å². The molecule has 0 spiro atoms. The van der Waals surface area contributed by atoms with Crippen molar-refractivity contribution in [3.05, 3.63) is 144 Å². The lowest BCUT2D eigenvalue weighted by molar-refractivity contribution is -0.229. The van der Waals surface area contributed by atoms with Crippen LogP contribution in [-0.2, 0) is 186 Å². The van der Waals surface area contributed by atoms with Gasteiger partial charge in [-0.2, -0.15) is 0 Å². The number of rotatable bonds is 53. The van der Waals surface area contributed by atoms with Crippen molar-refractivity contribution in [3.63, 3.8) is 0 Å². The molecule has 4 aromatic rings. The highest BCUT2D eigenvalue weighted by molar-refractivity contribution is 5.82. The summed E-state index contributed by atoms with van der Waals surface area (Å²) in [6.07, 6.45) is -21.3. The van der Waals surface area contributed by atoms with E-state index < -0.39 is 332 Å². The molecule has 44 heteroatoms. The SMILES string of the molecule is O=C(CCC(=O)OC(CO)CO)OC(CO)CO.O=C(O)CCC(=O)OC(COC(=O)CCC(=O)OC(COC(=O)CCC(=O)OC1COC(c2ccccc2)OC1)COC(=O)CCC(=O)OC1COC(c2ccccc2)OC1)COC(=O)CCC(=O)OC(COC(=O)CCC(=O)OC1COC(c2ccccc2)OC1)COC(=O)CCC(=O)OC1COC(c2ccccc2)OC1. The molecule has 0 aliphatic carbocycles. The number of esters is 15. The normalized spacial score (nSPS) is 18.8. The largest absolute Gasteiger partial charge is 0.481 e. The van der Waals surface area contributed by atoms with Crippen LogP contribution >= 0.6 is 0 Å². The second-order valence-corrected chi connectivity index (χ2v) is 28.9. The van der Waals surface area contributed by atoms with Gasteiger partial charge in [0.1, 0.15) is 76.3 Å². The zero-order chi connectivity index (χ0) is 94.5. The minimum absolute atomic E-state index is 0.00631. The molecule has 0 amide bonds. The maximum Gasteiger partial charge on any atom is 0.306 e. The van der Waals surface area contributed by atoms with E-state index in [4.69, 9.17) is 125 Å². The standard InChI is InChI=1S/C77H88O36.C10H18O8/c78-60(79)21-22-67(86)107-53(35-93-61(80)23-29-68(87)108-54(37-95-63(82)25-31-70(89)110-56-41-99-74(100-42-56)49-13-5-1-6-14-49)38-96-64(83)26-32-71(90)111-57-43-101-75(102-44-57)50-15-7-2-8-16-50)36-94-62(81)24-30-69(88)109-55(39-97-65(84)27-33-72(91)112-58-45-103-76(104-46-58)51-17-9-3-10-18-51)40-98-66(85)28-34-73(92)113-59-47-105-77(106-48-59)52-19-11-4-12-20-52;11-3-7(4-12)17-9(15)1-2-10(16)18-8(5-13)6-14/h1-20,53-59,74-77H,21-48H2,(H,78,79);7-8,11-14H,1-6H2. The quantitative estimate of drug-likeness (QED) is 0.0313. The molecule has 0 radical (unpaired) electrons. The summed E-state index contributed by atoms with van der Waals surface area (Å²) in [5.41, 5.74) is 3.03. The van der Waals surface area contributed by atoms with Gasteiger partial charge in [-0.25, -0.2) is 0 Å². The molecule has 4 aliphatic heterocycles. The van der Waals surface area contributed by atoms with Gasteiger partial charge in [-0.15, -0.1) is 0 Å². The van der Waals surface area contributed by atoms with Crippen LogP contribution in [0.1, 0.15) is 150 Å². The Labute approximate surface area is 749 Å². The molecule has 0 bridgehead atoms. The highest BCUT2D eigenvalue weighted by Gasteiger charge is 2.34. The van der Waals surface area contributed by atoms with Gasteiger partial charge in [0.2, 0.25) is 0 Å². The van der Waals surface area contributed by atoms with Crippen LogP contribution in [0, 0.1) is 0 Å². The summed E-state index contributed by atoms with van der Waals surface area (Å²) in [4.78, 5) is 201. The van der Waals surface area contributed by atoms with Gasteiger partial charge >= 0.3 is 95.5 Å². The van der Waals surface area contributed by atoms with Gasteiger partial charge in [0, 0.05) is 22.3 Å². The van der Waals surface area contributed by atoms with Crippen molar-refractivity contribution < 1.29 is 211 Å². The first-order chi connectivity index (χ1) is 63.2. The van der Waals surface area contributed by atoms with Gasteiger partial charge in [0.15, 0.2) is 43.5 Å². The highest BCUT2D eigenvalue weighted by atomic mass is 16.7. The van der Waals surface area contributed by atoms with Crippen LogP contribution in [0.4, 0.5) is 0 Å². The first-order valence-electron chi connectivity index (χ1n) is 41.7. The van der Waals surface area contributed by atoms with Crippen molar-refractivity contribution in [1.82, 2.24) is 0 Å². The maximum atomic E-state index is 13.2. The number of ether oxygens (including phenoxy) is 23. The van der Waals surface area contributed by atoms with Crippen molar-refractivity contribution in [1.29, 1.82) is 0 Å². The molecule has 4 fully saturated rings. The first-order valence-corrected chi connectivity index (χ1v) is 41.7. The number of hydrogen-bond acceptors (Lipinski definition) is 43. The molecule has 4 saturated heterocycles. The molecule has 0 unspecified atom stereocenters. The van der Waals surface area contributed by atoms with E-state index in [2.05, 4.69) is 9.47 Å². The summed E-state index contributed by atoms with van der Waals surface area (Å²) in [6.45, 7) is -6.69. The maximum absolute atomic E-state index is 13.2. The van der Waals surface area contributed by atoms with Gasteiger partial charge < -0.3 is 134 Å². The molecule has 5 N–H and O–H groups in total. The fraction of sp³-hybridized carbons (Fsp3) is 0.540. The number of benzene rings is 4. The summed E-state index contributed by atoms with van der Waals surface area (Å²) < 4.78 is 124. The van der Waals surface area contributed by atoms with E-state index in [1.54, 1.807) is 97.1 Å². The van der Waals surface area contributed by atoms with Crippen molar-refractivity contribution in [2.45, 2.75) is 183 Å². The average Bonchev–Trinajstić information content (AvgIpc) is 0.871. The molecule has 0 saturated carbocycles. The Morgan fingerprint density at radius 3 is 0.565 bits per heavy atom. The summed E-state index contributed by atoms with van der Waals surface area (Å²) in [5.74, 6) is -15.6. The lowest BCUT2D eigenvalue weighted by atomic mass is 10.2. The zero-order valence-corrected chi connectivity index (χ0v) is 71.3. The second kappa shape index (κ2) is 60.0. The molecule has 131 heavy (non-hydrogen) atoms. The van der Waals surface area contributed by atoms with Gasteiger partial charge in [0.05, 0.1) is 182 Å². The Bertz CT molecular complexity index is 3770.